The number of carboxylic acids is 1. The molecule has 2 N–H and O–H groups in total. The zero-order valence-corrected chi connectivity index (χ0v) is 7.85. The first-order valence-corrected chi connectivity index (χ1v) is 4.17. The van der Waals surface area contributed by atoms with E-state index in [1.54, 1.807) is 18.2 Å². The maximum absolute atomic E-state index is 10.7. The number of carbonyl (C=O) groups is 1. The molecular weight excluding hydrogens is 200 g/mol. The first-order valence-electron chi connectivity index (χ1n) is 4.17. The summed E-state index contributed by atoms with van der Waals surface area (Å²) in [6.07, 6.45) is 0. The van der Waals surface area contributed by atoms with Crippen LogP contribution >= 0.6 is 0 Å². The molecule has 0 aliphatic carbocycles. The molecule has 0 saturated heterocycles. The molecule has 15 heavy (non-hydrogen) atoms. The smallest absolute Gasteiger partial charge is 0.375 e. The minimum atomic E-state index is -1.31. The van der Waals surface area contributed by atoms with Gasteiger partial charge in [-0.15, -0.1) is 0 Å². The first-order chi connectivity index (χ1) is 7.15. The molecule has 0 amide bonds. The topological polar surface area (TPSA) is 79.9 Å². The zero-order valence-electron chi connectivity index (χ0n) is 7.85. The molecule has 0 fully saturated rings. The maximum atomic E-state index is 10.7. The van der Waals surface area contributed by atoms with Crippen molar-refractivity contribution in [2.75, 3.05) is 7.11 Å². The van der Waals surface area contributed by atoms with E-state index in [-0.39, 0.29) is 11.0 Å². The van der Waals surface area contributed by atoms with Crippen molar-refractivity contribution >= 4 is 16.9 Å². The number of furan rings is 1. The molecule has 1 aromatic carbocycles. The molecule has 0 spiro atoms. The Bertz CT molecular complexity index is 526. The lowest BCUT2D eigenvalue weighted by molar-refractivity contribution is 0.0660. The molecule has 0 atom stereocenters. The van der Waals surface area contributed by atoms with Crippen LogP contribution in [0.4, 0.5) is 0 Å². The summed E-state index contributed by atoms with van der Waals surface area (Å²) < 4.78 is 9.96. The molecule has 2 aromatic rings. The predicted molar refractivity (Wildman–Crippen MR) is 51.4 cm³/mol. The van der Waals surface area contributed by atoms with Crippen molar-refractivity contribution in [1.82, 2.24) is 0 Å². The summed E-state index contributed by atoms with van der Waals surface area (Å²) in [6.45, 7) is 0. The number of aromatic carboxylic acids is 1. The van der Waals surface area contributed by atoms with Gasteiger partial charge in [0.15, 0.2) is 5.75 Å². The van der Waals surface area contributed by atoms with Gasteiger partial charge < -0.3 is 19.4 Å². The van der Waals surface area contributed by atoms with Gasteiger partial charge in [-0.1, -0.05) is 6.07 Å². The van der Waals surface area contributed by atoms with E-state index >= 15 is 0 Å². The normalized spacial score (nSPS) is 10.5. The Morgan fingerprint density at radius 2 is 2.20 bits per heavy atom. The van der Waals surface area contributed by atoms with Crippen LogP contribution in [0.15, 0.2) is 22.6 Å². The number of hydrogen-bond donors (Lipinski definition) is 2. The Morgan fingerprint density at radius 1 is 1.47 bits per heavy atom. The Hall–Kier alpha value is -2.17. The van der Waals surface area contributed by atoms with E-state index in [4.69, 9.17) is 14.3 Å². The third-order valence-electron chi connectivity index (χ3n) is 2.07. The van der Waals surface area contributed by atoms with Crippen LogP contribution in [0.3, 0.4) is 0 Å². The third kappa shape index (κ3) is 1.28. The van der Waals surface area contributed by atoms with Crippen LogP contribution in [0.25, 0.3) is 11.0 Å². The fourth-order valence-corrected chi connectivity index (χ4v) is 1.42. The van der Waals surface area contributed by atoms with Crippen molar-refractivity contribution in [2.45, 2.75) is 0 Å². The SMILES string of the molecule is COc1cccc2oc(C(=O)O)c(O)c12. The largest absolute Gasteiger partial charge is 0.503 e. The Kier molecular flexibility index (Phi) is 2.00. The van der Waals surface area contributed by atoms with Gasteiger partial charge in [0.2, 0.25) is 0 Å². The highest BCUT2D eigenvalue weighted by atomic mass is 16.5. The van der Waals surface area contributed by atoms with E-state index in [2.05, 4.69) is 0 Å². The van der Waals surface area contributed by atoms with Gasteiger partial charge >= 0.3 is 5.97 Å². The van der Waals surface area contributed by atoms with Crippen molar-refractivity contribution < 1.29 is 24.2 Å². The van der Waals surface area contributed by atoms with Gasteiger partial charge in [-0.2, -0.15) is 0 Å². The Balaban J connectivity index is 2.82. The fourth-order valence-electron chi connectivity index (χ4n) is 1.42. The van der Waals surface area contributed by atoms with Gasteiger partial charge in [-0.25, -0.2) is 4.79 Å². The summed E-state index contributed by atoms with van der Waals surface area (Å²) in [6, 6.07) is 4.82. The summed E-state index contributed by atoms with van der Waals surface area (Å²) in [5.41, 5.74) is 0.282. The molecule has 2 rings (SSSR count). The number of aromatic hydroxyl groups is 1. The average Bonchev–Trinajstić information content (AvgIpc) is 2.56. The van der Waals surface area contributed by atoms with E-state index in [1.165, 1.54) is 7.11 Å². The van der Waals surface area contributed by atoms with Crippen LogP contribution in [0.1, 0.15) is 10.6 Å². The summed E-state index contributed by atoms with van der Waals surface area (Å²) in [5.74, 6) is -1.82. The number of ether oxygens (including phenoxy) is 1. The van der Waals surface area contributed by atoms with Crippen LogP contribution in [0.2, 0.25) is 0 Å². The molecule has 0 unspecified atom stereocenters. The van der Waals surface area contributed by atoms with Crippen molar-refractivity contribution in [1.29, 1.82) is 0 Å². The molecule has 0 radical (unpaired) electrons. The molecule has 1 aromatic heterocycles. The number of benzene rings is 1. The first kappa shape index (κ1) is 9.39. The summed E-state index contributed by atoms with van der Waals surface area (Å²) >= 11 is 0. The molecule has 0 aliphatic heterocycles. The van der Waals surface area contributed by atoms with Gasteiger partial charge in [0, 0.05) is 0 Å². The van der Waals surface area contributed by atoms with Crippen molar-refractivity contribution in [2.24, 2.45) is 0 Å². The van der Waals surface area contributed by atoms with Crippen LogP contribution in [-0.2, 0) is 0 Å². The highest BCUT2D eigenvalue weighted by Crippen LogP contribution is 2.38. The highest BCUT2D eigenvalue weighted by Gasteiger charge is 2.21. The van der Waals surface area contributed by atoms with Crippen molar-refractivity contribution in [3.8, 4) is 11.5 Å². The number of methoxy groups -OCH3 is 1. The summed E-state index contributed by atoms with van der Waals surface area (Å²) in [4.78, 5) is 10.7. The van der Waals surface area contributed by atoms with Gasteiger partial charge in [-0.3, -0.25) is 0 Å². The highest BCUT2D eigenvalue weighted by molar-refractivity contribution is 6.00. The average molecular weight is 208 g/mol. The number of carboxylic acid groups (broad SMARTS) is 1. The molecular formula is C10H8O5. The van der Waals surface area contributed by atoms with E-state index in [0.29, 0.717) is 5.75 Å². The molecule has 1 heterocycles. The molecule has 0 bridgehead atoms. The number of rotatable bonds is 2. The minimum Gasteiger partial charge on any atom is -0.503 e. The van der Waals surface area contributed by atoms with Crippen molar-refractivity contribution in [3.63, 3.8) is 0 Å². The van der Waals surface area contributed by atoms with E-state index in [0.717, 1.165) is 0 Å². The van der Waals surface area contributed by atoms with Crippen LogP contribution < -0.4 is 4.74 Å². The lowest BCUT2D eigenvalue weighted by atomic mass is 10.2. The van der Waals surface area contributed by atoms with Gasteiger partial charge in [-0.05, 0) is 12.1 Å². The fraction of sp³-hybridized carbons (Fsp3) is 0.100. The Labute approximate surface area is 84.5 Å². The quantitative estimate of drug-likeness (QED) is 0.787. The second kappa shape index (κ2) is 3.20. The van der Waals surface area contributed by atoms with Crippen LogP contribution in [0.5, 0.6) is 11.5 Å². The second-order valence-corrected chi connectivity index (χ2v) is 2.92. The molecule has 0 aliphatic rings. The van der Waals surface area contributed by atoms with Crippen LogP contribution in [0, 0.1) is 0 Å². The third-order valence-corrected chi connectivity index (χ3v) is 2.07. The lowest BCUT2D eigenvalue weighted by Gasteiger charge is -1.99. The summed E-state index contributed by atoms with van der Waals surface area (Å²) in [7, 11) is 1.43. The van der Waals surface area contributed by atoms with E-state index < -0.39 is 17.5 Å². The summed E-state index contributed by atoms with van der Waals surface area (Å²) in [5, 5.41) is 18.6. The zero-order chi connectivity index (χ0) is 11.0. The Morgan fingerprint density at radius 3 is 2.80 bits per heavy atom. The minimum absolute atomic E-state index is 0.275. The standard InChI is InChI=1S/C10H8O5/c1-14-5-3-2-4-6-7(5)8(11)9(15-6)10(12)13/h2-4,11H,1H3,(H,12,13). The van der Waals surface area contributed by atoms with Gasteiger partial charge in [0.05, 0.1) is 7.11 Å². The molecule has 5 nitrogen and oxygen atoms in total. The molecule has 5 heteroatoms. The molecule has 0 saturated carbocycles. The monoisotopic (exact) mass is 208 g/mol. The lowest BCUT2D eigenvalue weighted by Crippen LogP contribution is -1.92. The van der Waals surface area contributed by atoms with E-state index in [9.17, 15) is 9.90 Å². The predicted octanol–water partition coefficient (Wildman–Crippen LogP) is 1.85. The van der Waals surface area contributed by atoms with Crippen molar-refractivity contribution in [3.05, 3.63) is 24.0 Å². The number of hydrogen-bond acceptors (Lipinski definition) is 4. The maximum Gasteiger partial charge on any atom is 0.375 e. The van der Waals surface area contributed by atoms with Crippen LogP contribution in [-0.4, -0.2) is 23.3 Å². The van der Waals surface area contributed by atoms with E-state index in [1.807, 2.05) is 0 Å². The second-order valence-electron chi connectivity index (χ2n) is 2.92. The molecule has 78 valence electrons. The van der Waals surface area contributed by atoms with Gasteiger partial charge in [0.25, 0.3) is 5.76 Å². The van der Waals surface area contributed by atoms with Gasteiger partial charge in [0.1, 0.15) is 16.7 Å². The number of fused-ring (bicyclic) bond motifs is 1.